The van der Waals surface area contributed by atoms with Crippen LogP contribution in [0.25, 0.3) is 10.2 Å². The van der Waals surface area contributed by atoms with E-state index in [9.17, 15) is 9.59 Å². The molecule has 2 aromatic heterocycles. The normalized spacial score (nSPS) is 16.0. The summed E-state index contributed by atoms with van der Waals surface area (Å²) in [5.74, 6) is 0.141. The largest absolute Gasteiger partial charge is 0.376 e. The minimum absolute atomic E-state index is 0.0358. The van der Waals surface area contributed by atoms with Gasteiger partial charge in [-0.3, -0.25) is 14.2 Å². The van der Waals surface area contributed by atoms with Gasteiger partial charge >= 0.3 is 0 Å². The first kappa shape index (κ1) is 23.0. The molecule has 0 unspecified atom stereocenters. The molecule has 1 fully saturated rings. The summed E-state index contributed by atoms with van der Waals surface area (Å²) in [6.07, 6.45) is 3.02. The number of fused-ring (bicyclic) bond motifs is 1. The molecule has 1 saturated heterocycles. The number of aryl methyl sites for hydroxylation is 3. The van der Waals surface area contributed by atoms with Gasteiger partial charge in [0.05, 0.1) is 23.8 Å². The number of nitrogens with one attached hydrogen (secondary N) is 1. The number of nitrogens with zero attached hydrogens (tertiary/aromatic N) is 2. The van der Waals surface area contributed by atoms with Crippen LogP contribution in [0.1, 0.15) is 41.3 Å². The maximum atomic E-state index is 13.5. The van der Waals surface area contributed by atoms with Crippen LogP contribution in [-0.4, -0.2) is 40.5 Å². The van der Waals surface area contributed by atoms with Crippen LogP contribution in [0.5, 0.6) is 0 Å². The second kappa shape index (κ2) is 10.2. The highest BCUT2D eigenvalue weighted by atomic mass is 32.2. The summed E-state index contributed by atoms with van der Waals surface area (Å²) in [6.45, 7) is 7.87. The Labute approximate surface area is 196 Å². The van der Waals surface area contributed by atoms with E-state index in [0.29, 0.717) is 23.6 Å². The number of carbonyl (C=O) groups is 1. The van der Waals surface area contributed by atoms with Gasteiger partial charge in [0, 0.05) is 18.0 Å². The van der Waals surface area contributed by atoms with Gasteiger partial charge in [-0.25, -0.2) is 4.98 Å². The lowest BCUT2D eigenvalue weighted by Crippen LogP contribution is -2.33. The smallest absolute Gasteiger partial charge is 0.263 e. The third kappa shape index (κ3) is 5.08. The predicted octanol–water partition coefficient (Wildman–Crippen LogP) is 4.07. The zero-order chi connectivity index (χ0) is 22.7. The molecule has 0 aliphatic carbocycles. The Bertz CT molecular complexity index is 1160. The van der Waals surface area contributed by atoms with E-state index in [4.69, 9.17) is 9.72 Å². The van der Waals surface area contributed by atoms with Crippen LogP contribution < -0.4 is 10.9 Å². The number of benzene rings is 1. The van der Waals surface area contributed by atoms with Crippen molar-refractivity contribution in [2.24, 2.45) is 0 Å². The van der Waals surface area contributed by atoms with E-state index in [1.54, 1.807) is 15.9 Å². The Kier molecular flexibility index (Phi) is 7.33. The van der Waals surface area contributed by atoms with E-state index in [1.165, 1.54) is 22.2 Å². The average molecular weight is 472 g/mol. The lowest BCUT2D eigenvalue weighted by atomic mass is 10.1. The Hall–Kier alpha value is -2.16. The van der Waals surface area contributed by atoms with Gasteiger partial charge in [0.15, 0.2) is 5.16 Å². The van der Waals surface area contributed by atoms with Crippen molar-refractivity contribution in [2.75, 3.05) is 18.9 Å². The van der Waals surface area contributed by atoms with Crippen molar-refractivity contribution < 1.29 is 9.53 Å². The quantitative estimate of drug-likeness (QED) is 0.396. The summed E-state index contributed by atoms with van der Waals surface area (Å²) < 4.78 is 7.28. The molecule has 8 heteroatoms. The van der Waals surface area contributed by atoms with Gasteiger partial charge in [-0.05, 0) is 44.2 Å². The van der Waals surface area contributed by atoms with Crippen LogP contribution in [-0.2, 0) is 22.5 Å². The monoisotopic (exact) mass is 471 g/mol. The van der Waals surface area contributed by atoms with Crippen molar-refractivity contribution in [3.05, 3.63) is 56.2 Å². The molecule has 1 amide bonds. The maximum Gasteiger partial charge on any atom is 0.263 e. The fraction of sp³-hybridized carbons (Fsp3) is 0.458. The Morgan fingerprint density at radius 1 is 1.31 bits per heavy atom. The number of thiophene rings is 1. The number of hydrogen-bond donors (Lipinski definition) is 1. The van der Waals surface area contributed by atoms with Crippen molar-refractivity contribution in [2.45, 2.75) is 57.8 Å². The third-order valence-electron chi connectivity index (χ3n) is 5.78. The van der Waals surface area contributed by atoms with Gasteiger partial charge in [-0.15, -0.1) is 11.3 Å². The van der Waals surface area contributed by atoms with E-state index >= 15 is 0 Å². The van der Waals surface area contributed by atoms with Gasteiger partial charge < -0.3 is 10.1 Å². The molecule has 6 nitrogen and oxygen atoms in total. The number of ether oxygens (including phenoxy) is 1. The summed E-state index contributed by atoms with van der Waals surface area (Å²) in [4.78, 5) is 32.7. The number of aromatic nitrogens is 2. The third-order valence-corrected chi connectivity index (χ3v) is 8.09. The Balaban J connectivity index is 1.60. The van der Waals surface area contributed by atoms with Crippen molar-refractivity contribution in [1.82, 2.24) is 14.9 Å². The molecule has 3 heterocycles. The van der Waals surface area contributed by atoms with Crippen molar-refractivity contribution in [3.63, 3.8) is 0 Å². The molecule has 0 radical (unpaired) electrons. The number of amides is 1. The minimum atomic E-state index is -0.0710. The summed E-state index contributed by atoms with van der Waals surface area (Å²) in [5.41, 5.74) is 3.19. The first-order valence-electron chi connectivity index (χ1n) is 11.1. The Morgan fingerprint density at radius 2 is 2.09 bits per heavy atom. The highest BCUT2D eigenvalue weighted by Crippen LogP contribution is 2.29. The summed E-state index contributed by atoms with van der Waals surface area (Å²) in [5, 5.41) is 4.23. The molecule has 0 saturated carbocycles. The van der Waals surface area contributed by atoms with E-state index in [0.717, 1.165) is 41.8 Å². The topological polar surface area (TPSA) is 73.2 Å². The molecule has 0 bridgehead atoms. The zero-order valence-electron chi connectivity index (χ0n) is 18.8. The molecule has 1 aliphatic heterocycles. The van der Waals surface area contributed by atoms with Crippen LogP contribution in [0, 0.1) is 13.8 Å². The summed E-state index contributed by atoms with van der Waals surface area (Å²) in [7, 11) is 0. The first-order valence-corrected chi connectivity index (χ1v) is 12.9. The number of carbonyl (C=O) groups excluding carboxylic acids is 1. The first-order chi connectivity index (χ1) is 15.5. The van der Waals surface area contributed by atoms with E-state index in [2.05, 4.69) is 12.2 Å². The highest BCUT2D eigenvalue weighted by molar-refractivity contribution is 7.99. The molecule has 1 aliphatic rings. The van der Waals surface area contributed by atoms with Crippen LogP contribution >= 0.6 is 23.1 Å². The van der Waals surface area contributed by atoms with Crippen LogP contribution in [0.3, 0.4) is 0 Å². The number of hydrogen-bond acceptors (Lipinski definition) is 6. The SMILES string of the molecule is CCc1sc2nc(SCC(=O)NC[C@H]3CCCO3)n(Cc3ccc(C)cc3)c(=O)c2c1C. The molecule has 1 atom stereocenters. The molecule has 3 aromatic rings. The fourth-order valence-electron chi connectivity index (χ4n) is 3.92. The fourth-order valence-corrected chi connectivity index (χ4v) is 5.91. The molecule has 4 rings (SSSR count). The molecule has 32 heavy (non-hydrogen) atoms. The molecule has 1 N–H and O–H groups in total. The van der Waals surface area contributed by atoms with E-state index in [-0.39, 0.29) is 23.3 Å². The van der Waals surface area contributed by atoms with Crippen LogP contribution in [0.4, 0.5) is 0 Å². The van der Waals surface area contributed by atoms with Gasteiger partial charge in [-0.2, -0.15) is 0 Å². The van der Waals surface area contributed by atoms with Crippen molar-refractivity contribution in [3.8, 4) is 0 Å². The lowest BCUT2D eigenvalue weighted by molar-refractivity contribution is -0.119. The average Bonchev–Trinajstić information content (AvgIpc) is 3.42. The van der Waals surface area contributed by atoms with Gasteiger partial charge in [0.1, 0.15) is 4.83 Å². The van der Waals surface area contributed by atoms with E-state index in [1.807, 2.05) is 38.1 Å². The van der Waals surface area contributed by atoms with Gasteiger partial charge in [0.25, 0.3) is 5.56 Å². The highest BCUT2D eigenvalue weighted by Gasteiger charge is 2.20. The second-order valence-electron chi connectivity index (χ2n) is 8.18. The Morgan fingerprint density at radius 3 is 2.78 bits per heavy atom. The van der Waals surface area contributed by atoms with Crippen LogP contribution in [0.15, 0.2) is 34.2 Å². The lowest BCUT2D eigenvalue weighted by Gasteiger charge is -2.13. The van der Waals surface area contributed by atoms with E-state index < -0.39 is 0 Å². The molecular formula is C24H29N3O3S2. The molecule has 0 spiro atoms. The van der Waals surface area contributed by atoms with Crippen molar-refractivity contribution in [1.29, 1.82) is 0 Å². The van der Waals surface area contributed by atoms with Gasteiger partial charge in [-0.1, -0.05) is 48.5 Å². The predicted molar refractivity (Wildman–Crippen MR) is 131 cm³/mol. The standard InChI is InChI=1S/C24H29N3O3S2/c1-4-19-16(3)21-22(32-19)26-24(31-14-20(28)25-12-18-6-5-11-30-18)27(23(21)29)13-17-9-7-15(2)8-10-17/h7-10,18H,4-6,11-14H2,1-3H3,(H,25,28)/t18-/m1/s1. The molecule has 170 valence electrons. The number of thioether (sulfide) groups is 1. The zero-order valence-corrected chi connectivity index (χ0v) is 20.4. The van der Waals surface area contributed by atoms with Gasteiger partial charge in [0.2, 0.25) is 5.91 Å². The van der Waals surface area contributed by atoms with Crippen LogP contribution in [0.2, 0.25) is 0 Å². The molecular weight excluding hydrogens is 442 g/mol. The summed E-state index contributed by atoms with van der Waals surface area (Å²) >= 11 is 2.89. The number of rotatable bonds is 8. The second-order valence-corrected chi connectivity index (χ2v) is 10.2. The maximum absolute atomic E-state index is 13.5. The van der Waals surface area contributed by atoms with Crippen molar-refractivity contribution >= 4 is 39.2 Å². The summed E-state index contributed by atoms with van der Waals surface area (Å²) in [6, 6.07) is 8.16. The minimum Gasteiger partial charge on any atom is -0.376 e. The molecule has 1 aromatic carbocycles.